The number of para-hydroxylation sites is 5. The van der Waals surface area contributed by atoms with Crippen molar-refractivity contribution in [2.45, 2.75) is 0 Å². The van der Waals surface area contributed by atoms with Crippen LogP contribution < -0.4 is 4.90 Å². The van der Waals surface area contributed by atoms with Crippen LogP contribution in [-0.4, -0.2) is 4.57 Å². The molecule has 0 aliphatic rings. The maximum Gasteiger partial charge on any atom is 0.143 e. The molecule has 0 saturated carbocycles. The third-order valence-electron chi connectivity index (χ3n) is 9.78. The molecule has 3 heteroatoms. The van der Waals surface area contributed by atoms with Crippen molar-refractivity contribution in [1.82, 2.24) is 4.57 Å². The average molecular weight is 627 g/mol. The first-order chi connectivity index (χ1) is 24.3. The first-order valence-corrected chi connectivity index (χ1v) is 16.7. The Morgan fingerprint density at radius 1 is 0.408 bits per heavy atom. The van der Waals surface area contributed by atoms with E-state index in [1.165, 1.54) is 32.8 Å². The molecule has 0 spiro atoms. The Morgan fingerprint density at radius 3 is 1.86 bits per heavy atom. The van der Waals surface area contributed by atoms with Gasteiger partial charge < -0.3 is 13.9 Å². The van der Waals surface area contributed by atoms with E-state index in [-0.39, 0.29) is 0 Å². The number of aromatic nitrogens is 1. The highest BCUT2D eigenvalue weighted by atomic mass is 16.3. The van der Waals surface area contributed by atoms with Crippen molar-refractivity contribution < 1.29 is 4.42 Å². The molecule has 0 amide bonds. The summed E-state index contributed by atoms with van der Waals surface area (Å²) in [6.45, 7) is 0. The maximum atomic E-state index is 6.39. The van der Waals surface area contributed by atoms with Crippen molar-refractivity contribution in [3.63, 3.8) is 0 Å². The van der Waals surface area contributed by atoms with Gasteiger partial charge in [0.1, 0.15) is 11.2 Å². The molecule has 2 heterocycles. The second-order valence-corrected chi connectivity index (χ2v) is 12.5. The van der Waals surface area contributed by atoms with Gasteiger partial charge in [-0.05, 0) is 77.2 Å². The minimum atomic E-state index is 0.919. The van der Waals surface area contributed by atoms with Gasteiger partial charge in [-0.2, -0.15) is 0 Å². The number of hydrogen-bond acceptors (Lipinski definition) is 2. The highest BCUT2D eigenvalue weighted by molar-refractivity contribution is 6.17. The molecule has 0 saturated heterocycles. The SMILES string of the molecule is c1ccc(N(c2ccc(-c3cccc4c3ccc3c5ccccc5oc43)cc2)c2cccc3c4ccccc4n(-c4ccccc4)c23)cc1. The molecule has 0 N–H and O–H groups in total. The Labute approximate surface area is 283 Å². The van der Waals surface area contributed by atoms with Crippen LogP contribution in [0.1, 0.15) is 0 Å². The van der Waals surface area contributed by atoms with Gasteiger partial charge in [0.25, 0.3) is 0 Å². The van der Waals surface area contributed by atoms with Crippen molar-refractivity contribution in [1.29, 1.82) is 0 Å². The first kappa shape index (κ1) is 27.5. The van der Waals surface area contributed by atoms with Crippen LogP contribution >= 0.6 is 0 Å². The molecule has 0 radical (unpaired) electrons. The molecule has 3 nitrogen and oxygen atoms in total. The Balaban J connectivity index is 1.16. The fraction of sp³-hybridized carbons (Fsp3) is 0. The summed E-state index contributed by atoms with van der Waals surface area (Å²) in [5, 5.41) is 7.07. The van der Waals surface area contributed by atoms with Crippen molar-refractivity contribution in [2.75, 3.05) is 4.90 Å². The zero-order valence-electron chi connectivity index (χ0n) is 26.6. The molecular weight excluding hydrogens is 597 g/mol. The van der Waals surface area contributed by atoms with E-state index < -0.39 is 0 Å². The van der Waals surface area contributed by atoms with Gasteiger partial charge in [0.05, 0.1) is 16.7 Å². The largest absolute Gasteiger partial charge is 0.455 e. The van der Waals surface area contributed by atoms with Crippen LogP contribution in [0.25, 0.3) is 71.3 Å². The van der Waals surface area contributed by atoms with E-state index in [4.69, 9.17) is 4.42 Å². The average Bonchev–Trinajstić information content (AvgIpc) is 3.73. The fourth-order valence-corrected chi connectivity index (χ4v) is 7.61. The molecule has 2 aromatic heterocycles. The van der Waals surface area contributed by atoms with Gasteiger partial charge in [0.15, 0.2) is 0 Å². The first-order valence-electron chi connectivity index (χ1n) is 16.7. The smallest absolute Gasteiger partial charge is 0.143 e. The summed E-state index contributed by atoms with van der Waals surface area (Å²) in [6.07, 6.45) is 0. The molecule has 10 rings (SSSR count). The van der Waals surface area contributed by atoms with Gasteiger partial charge in [-0.1, -0.05) is 121 Å². The number of benzene rings is 8. The highest BCUT2D eigenvalue weighted by Gasteiger charge is 2.21. The summed E-state index contributed by atoms with van der Waals surface area (Å²) >= 11 is 0. The standard InChI is InChI=1S/C46H30N2O/c1-3-13-32(14-4-1)47(43-23-12-20-39-37-17-7-9-22-42(37)48(45(39)43)33-15-5-2-6-16-33)34-27-25-31(26-28-34)35-19-11-21-40-36(35)29-30-41-38-18-8-10-24-44(38)49-46(40)41/h1-30H. The topological polar surface area (TPSA) is 21.3 Å². The number of rotatable bonds is 5. The second-order valence-electron chi connectivity index (χ2n) is 12.5. The molecule has 0 aliphatic carbocycles. The molecule has 0 fully saturated rings. The number of anilines is 3. The predicted octanol–water partition coefficient (Wildman–Crippen LogP) is 13.0. The number of nitrogens with zero attached hydrogens (tertiary/aromatic N) is 2. The zero-order chi connectivity index (χ0) is 32.3. The monoisotopic (exact) mass is 626 g/mol. The lowest BCUT2D eigenvalue weighted by atomic mass is 9.96. The zero-order valence-corrected chi connectivity index (χ0v) is 26.6. The van der Waals surface area contributed by atoms with Crippen LogP contribution in [0, 0.1) is 0 Å². The van der Waals surface area contributed by atoms with Crippen molar-refractivity contribution in [3.05, 3.63) is 182 Å². The van der Waals surface area contributed by atoms with Crippen LogP contribution in [0.15, 0.2) is 186 Å². The molecule has 8 aromatic carbocycles. The Bertz CT molecular complexity index is 2810. The summed E-state index contributed by atoms with van der Waals surface area (Å²) in [4.78, 5) is 2.38. The van der Waals surface area contributed by atoms with E-state index in [1.54, 1.807) is 0 Å². The summed E-state index contributed by atoms with van der Waals surface area (Å²) in [5.41, 5.74) is 11.0. The van der Waals surface area contributed by atoms with Crippen LogP contribution in [-0.2, 0) is 0 Å². The quantitative estimate of drug-likeness (QED) is 0.190. The second kappa shape index (κ2) is 11.0. The lowest BCUT2D eigenvalue weighted by Gasteiger charge is -2.27. The van der Waals surface area contributed by atoms with E-state index in [9.17, 15) is 0 Å². The van der Waals surface area contributed by atoms with Crippen LogP contribution in [0.4, 0.5) is 17.1 Å². The maximum absolute atomic E-state index is 6.39. The molecule has 10 aromatic rings. The Kier molecular flexibility index (Phi) is 6.18. The number of fused-ring (bicyclic) bond motifs is 8. The molecule has 0 atom stereocenters. The van der Waals surface area contributed by atoms with Crippen molar-refractivity contribution in [3.8, 4) is 16.8 Å². The summed E-state index contributed by atoms with van der Waals surface area (Å²) in [7, 11) is 0. The van der Waals surface area contributed by atoms with Gasteiger partial charge in [-0.3, -0.25) is 0 Å². The van der Waals surface area contributed by atoms with Crippen LogP contribution in [0.2, 0.25) is 0 Å². The van der Waals surface area contributed by atoms with E-state index in [0.717, 1.165) is 55.6 Å². The van der Waals surface area contributed by atoms with Gasteiger partial charge >= 0.3 is 0 Å². The summed E-state index contributed by atoms with van der Waals surface area (Å²) < 4.78 is 8.80. The summed E-state index contributed by atoms with van der Waals surface area (Å²) in [6, 6.07) is 64.9. The van der Waals surface area contributed by atoms with E-state index in [0.29, 0.717) is 0 Å². The highest BCUT2D eigenvalue weighted by Crippen LogP contribution is 2.44. The minimum absolute atomic E-state index is 0.919. The Hall–Kier alpha value is -6.58. The number of furan rings is 1. The molecule has 0 unspecified atom stereocenters. The normalized spacial score (nSPS) is 11.7. The summed E-state index contributed by atoms with van der Waals surface area (Å²) in [5.74, 6) is 0. The predicted molar refractivity (Wildman–Crippen MR) is 206 cm³/mol. The van der Waals surface area contributed by atoms with Gasteiger partial charge in [0.2, 0.25) is 0 Å². The van der Waals surface area contributed by atoms with Gasteiger partial charge in [-0.15, -0.1) is 0 Å². The van der Waals surface area contributed by atoms with Crippen molar-refractivity contribution in [2.24, 2.45) is 0 Å². The number of hydrogen-bond donors (Lipinski definition) is 0. The molecule has 0 aliphatic heterocycles. The third-order valence-corrected chi connectivity index (χ3v) is 9.78. The lowest BCUT2D eigenvalue weighted by Crippen LogP contribution is -2.11. The fourth-order valence-electron chi connectivity index (χ4n) is 7.61. The lowest BCUT2D eigenvalue weighted by molar-refractivity contribution is 0.672. The van der Waals surface area contributed by atoms with Crippen LogP contribution in [0.3, 0.4) is 0 Å². The van der Waals surface area contributed by atoms with Crippen molar-refractivity contribution >= 4 is 71.6 Å². The molecule has 49 heavy (non-hydrogen) atoms. The minimum Gasteiger partial charge on any atom is -0.455 e. The Morgan fingerprint density at radius 2 is 1.02 bits per heavy atom. The molecule has 230 valence electrons. The van der Waals surface area contributed by atoms with E-state index >= 15 is 0 Å². The van der Waals surface area contributed by atoms with Crippen LogP contribution in [0.5, 0.6) is 0 Å². The third kappa shape index (κ3) is 4.29. The van der Waals surface area contributed by atoms with E-state index in [1.807, 2.05) is 12.1 Å². The molecular formula is C46H30N2O. The molecule has 0 bridgehead atoms. The van der Waals surface area contributed by atoms with E-state index in [2.05, 4.69) is 179 Å². The van der Waals surface area contributed by atoms with Gasteiger partial charge in [0, 0.05) is 44.0 Å². The van der Waals surface area contributed by atoms with Gasteiger partial charge in [-0.25, -0.2) is 0 Å².